The number of piperidine rings is 1. The second kappa shape index (κ2) is 8.39. The first-order valence-corrected chi connectivity index (χ1v) is 11.5. The van der Waals surface area contributed by atoms with Gasteiger partial charge in [0.25, 0.3) is 5.91 Å². The first kappa shape index (κ1) is 21.1. The van der Waals surface area contributed by atoms with Crippen LogP contribution in [0.1, 0.15) is 41.5 Å². The molecule has 1 fully saturated rings. The van der Waals surface area contributed by atoms with E-state index in [0.717, 1.165) is 12.8 Å². The first-order chi connectivity index (χ1) is 13.2. The molecule has 0 radical (unpaired) electrons. The number of hydrogen-bond acceptors (Lipinski definition) is 4. The maximum atomic E-state index is 12.8. The third kappa shape index (κ3) is 4.67. The molecular formula is C20H22Cl2N2O3S. The zero-order valence-corrected chi connectivity index (χ0v) is 18.1. The molecule has 150 valence electrons. The summed E-state index contributed by atoms with van der Waals surface area (Å²) in [5.41, 5.74) is 1.26. The Hall–Kier alpha value is -1.63. The lowest BCUT2D eigenvalue weighted by Gasteiger charge is -2.30. The van der Waals surface area contributed by atoms with Gasteiger partial charge in [0.1, 0.15) is 5.69 Å². The Balaban J connectivity index is 1.83. The van der Waals surface area contributed by atoms with Crippen molar-refractivity contribution in [1.29, 1.82) is 0 Å². The van der Waals surface area contributed by atoms with E-state index in [9.17, 15) is 13.2 Å². The van der Waals surface area contributed by atoms with Crippen LogP contribution in [-0.4, -0.2) is 37.3 Å². The topological polar surface area (TPSA) is 67.3 Å². The highest BCUT2D eigenvalue weighted by atomic mass is 35.5. The number of hydrogen-bond donors (Lipinski definition) is 0. The van der Waals surface area contributed by atoms with Gasteiger partial charge in [-0.15, -0.1) is 0 Å². The summed E-state index contributed by atoms with van der Waals surface area (Å²) in [4.78, 5) is 18.7. The minimum Gasteiger partial charge on any atom is -0.337 e. The maximum Gasteiger partial charge on any atom is 0.272 e. The van der Waals surface area contributed by atoms with Crippen molar-refractivity contribution in [3.63, 3.8) is 0 Å². The predicted molar refractivity (Wildman–Crippen MR) is 111 cm³/mol. The van der Waals surface area contributed by atoms with Crippen LogP contribution in [0, 0.1) is 12.8 Å². The van der Waals surface area contributed by atoms with Crippen molar-refractivity contribution in [1.82, 2.24) is 9.88 Å². The molecule has 0 aliphatic carbocycles. The Morgan fingerprint density at radius 1 is 1.18 bits per heavy atom. The van der Waals surface area contributed by atoms with E-state index in [2.05, 4.69) is 11.9 Å². The van der Waals surface area contributed by atoms with Crippen LogP contribution in [0.25, 0.3) is 0 Å². The average molecular weight is 441 g/mol. The lowest BCUT2D eigenvalue weighted by molar-refractivity contribution is 0.0691. The number of aromatic nitrogens is 1. The van der Waals surface area contributed by atoms with Crippen LogP contribution in [0.5, 0.6) is 0 Å². The number of pyridine rings is 1. The van der Waals surface area contributed by atoms with E-state index in [-0.39, 0.29) is 27.3 Å². The van der Waals surface area contributed by atoms with Gasteiger partial charge in [0.15, 0.2) is 9.84 Å². The van der Waals surface area contributed by atoms with E-state index in [0.29, 0.717) is 35.3 Å². The molecule has 1 amide bonds. The van der Waals surface area contributed by atoms with Crippen LogP contribution < -0.4 is 0 Å². The molecule has 8 heteroatoms. The Bertz CT molecular complexity index is 1000. The summed E-state index contributed by atoms with van der Waals surface area (Å²) in [6.07, 6.45) is 1.93. The number of benzene rings is 1. The van der Waals surface area contributed by atoms with Crippen molar-refractivity contribution in [2.45, 2.75) is 37.3 Å². The third-order valence-corrected chi connectivity index (χ3v) is 7.50. The quantitative estimate of drug-likeness (QED) is 0.699. The standard InChI is InChI=1S/C20H22Cl2N2O3S/c1-13-6-8-24(9-7-13)20(25)18-5-3-4-15(23-18)12-28(26,27)19-11-16(21)14(2)10-17(19)22/h3-5,10-11,13H,6-9,12H2,1-2H3. The van der Waals surface area contributed by atoms with E-state index in [1.165, 1.54) is 12.1 Å². The van der Waals surface area contributed by atoms with Gasteiger partial charge in [-0.1, -0.05) is 36.2 Å². The molecule has 5 nitrogen and oxygen atoms in total. The largest absolute Gasteiger partial charge is 0.337 e. The van der Waals surface area contributed by atoms with Gasteiger partial charge in [0.2, 0.25) is 0 Å². The minimum atomic E-state index is -3.76. The van der Waals surface area contributed by atoms with Crippen molar-refractivity contribution in [3.8, 4) is 0 Å². The van der Waals surface area contributed by atoms with E-state index >= 15 is 0 Å². The SMILES string of the molecule is Cc1cc(Cl)c(S(=O)(=O)Cc2cccc(C(=O)N3CCC(C)CC3)n2)cc1Cl. The fourth-order valence-corrected chi connectivity index (χ4v) is 5.35. The molecule has 2 heterocycles. The van der Waals surface area contributed by atoms with E-state index in [1.807, 2.05) is 0 Å². The summed E-state index contributed by atoms with van der Waals surface area (Å²) < 4.78 is 25.7. The molecule has 28 heavy (non-hydrogen) atoms. The normalized spacial score (nSPS) is 15.6. The molecular weight excluding hydrogens is 419 g/mol. The molecule has 1 aliphatic rings. The highest BCUT2D eigenvalue weighted by molar-refractivity contribution is 7.90. The van der Waals surface area contributed by atoms with Crippen LogP contribution >= 0.6 is 23.2 Å². The number of halogens is 2. The van der Waals surface area contributed by atoms with Crippen molar-refractivity contribution in [2.24, 2.45) is 5.92 Å². The third-order valence-electron chi connectivity index (χ3n) is 4.98. The van der Waals surface area contributed by atoms with Gasteiger partial charge in [0.05, 0.1) is 21.4 Å². The second-order valence-corrected chi connectivity index (χ2v) is 10.1. The number of carbonyl (C=O) groups is 1. The molecule has 0 unspecified atom stereocenters. The van der Waals surface area contributed by atoms with Crippen LogP contribution in [0.4, 0.5) is 0 Å². The maximum absolute atomic E-state index is 12.8. The van der Waals surface area contributed by atoms with Crippen LogP contribution in [0.15, 0.2) is 35.2 Å². The number of nitrogens with zero attached hydrogens (tertiary/aromatic N) is 2. The fourth-order valence-electron chi connectivity index (χ4n) is 3.19. The van der Waals surface area contributed by atoms with Crippen molar-refractivity contribution in [3.05, 3.63) is 57.3 Å². The number of sulfone groups is 1. The summed E-state index contributed by atoms with van der Waals surface area (Å²) >= 11 is 12.2. The van der Waals surface area contributed by atoms with Gasteiger partial charge >= 0.3 is 0 Å². The van der Waals surface area contributed by atoms with E-state index in [1.54, 1.807) is 30.0 Å². The molecule has 1 aliphatic heterocycles. The molecule has 0 atom stereocenters. The van der Waals surface area contributed by atoms with Gasteiger partial charge in [-0.3, -0.25) is 4.79 Å². The molecule has 3 rings (SSSR count). The van der Waals surface area contributed by atoms with Crippen LogP contribution in [0.3, 0.4) is 0 Å². The second-order valence-electron chi connectivity index (χ2n) is 7.28. The number of carbonyl (C=O) groups excluding carboxylic acids is 1. The van der Waals surface area contributed by atoms with Crippen LogP contribution in [-0.2, 0) is 15.6 Å². The smallest absolute Gasteiger partial charge is 0.272 e. The molecule has 0 spiro atoms. The zero-order chi connectivity index (χ0) is 20.5. The van der Waals surface area contributed by atoms with Gasteiger partial charge in [-0.05, 0) is 55.5 Å². The number of likely N-dealkylation sites (tertiary alicyclic amines) is 1. The number of rotatable bonds is 4. The lowest BCUT2D eigenvalue weighted by Crippen LogP contribution is -2.38. The highest BCUT2D eigenvalue weighted by Gasteiger charge is 2.24. The Morgan fingerprint density at radius 3 is 2.54 bits per heavy atom. The van der Waals surface area contributed by atoms with Crippen molar-refractivity contribution in [2.75, 3.05) is 13.1 Å². The molecule has 0 bridgehead atoms. The number of aryl methyl sites for hydroxylation is 1. The summed E-state index contributed by atoms with van der Waals surface area (Å²) in [5, 5.41) is 0.454. The Labute approximate surface area is 175 Å². The van der Waals surface area contributed by atoms with Crippen molar-refractivity contribution < 1.29 is 13.2 Å². The summed E-state index contributed by atoms with van der Waals surface area (Å²) in [7, 11) is -3.76. The Kier molecular flexibility index (Phi) is 6.32. The summed E-state index contributed by atoms with van der Waals surface area (Å²) in [5.74, 6) is 0.0895. The van der Waals surface area contributed by atoms with E-state index < -0.39 is 9.84 Å². The van der Waals surface area contributed by atoms with Crippen molar-refractivity contribution >= 4 is 38.9 Å². The van der Waals surface area contributed by atoms with Gasteiger partial charge in [-0.2, -0.15) is 0 Å². The molecule has 1 aromatic heterocycles. The zero-order valence-electron chi connectivity index (χ0n) is 15.8. The van der Waals surface area contributed by atoms with Gasteiger partial charge in [-0.25, -0.2) is 13.4 Å². The number of amides is 1. The summed E-state index contributed by atoms with van der Waals surface area (Å²) in [6, 6.07) is 7.75. The Morgan fingerprint density at radius 2 is 1.86 bits per heavy atom. The van der Waals surface area contributed by atoms with Gasteiger partial charge < -0.3 is 4.90 Å². The molecule has 0 N–H and O–H groups in total. The minimum absolute atomic E-state index is 0.0340. The predicted octanol–water partition coefficient (Wildman–Crippen LogP) is 4.54. The van der Waals surface area contributed by atoms with E-state index in [4.69, 9.17) is 23.2 Å². The van der Waals surface area contributed by atoms with Crippen LogP contribution in [0.2, 0.25) is 10.0 Å². The monoisotopic (exact) mass is 440 g/mol. The van der Waals surface area contributed by atoms with Gasteiger partial charge in [0, 0.05) is 18.1 Å². The molecule has 1 saturated heterocycles. The molecule has 1 aromatic carbocycles. The molecule has 2 aromatic rings. The average Bonchev–Trinajstić information content (AvgIpc) is 2.64. The molecule has 0 saturated carbocycles. The summed E-state index contributed by atoms with van der Waals surface area (Å²) in [6.45, 7) is 5.32. The highest BCUT2D eigenvalue weighted by Crippen LogP contribution is 2.30. The lowest BCUT2D eigenvalue weighted by atomic mass is 9.99. The first-order valence-electron chi connectivity index (χ1n) is 9.11. The fraction of sp³-hybridized carbons (Fsp3) is 0.400.